The number of phenols is 1. The molecule has 0 spiro atoms. The first-order valence-electron chi connectivity index (χ1n) is 5.12. The third kappa shape index (κ3) is 1.42. The molecule has 4 nitrogen and oxygen atoms in total. The molecule has 1 N–H and O–H groups in total. The molecule has 4 heteroatoms. The number of aromatic hydroxyl groups is 1. The normalized spacial score (nSPS) is 10.8. The SMILES string of the molecule is O=Cc1ccc2c(n1)c(O)cc1cccnc12. The predicted molar refractivity (Wildman–Crippen MR) is 64.1 cm³/mol. The fourth-order valence-electron chi connectivity index (χ4n) is 1.90. The highest BCUT2D eigenvalue weighted by atomic mass is 16.3. The number of phenolic OH excluding ortho intramolecular Hbond substituents is 1. The molecule has 2 aromatic heterocycles. The Bertz CT molecular complexity index is 738. The van der Waals surface area contributed by atoms with Gasteiger partial charge in [0.25, 0.3) is 0 Å². The van der Waals surface area contributed by atoms with Gasteiger partial charge in [0.2, 0.25) is 0 Å². The van der Waals surface area contributed by atoms with Crippen LogP contribution < -0.4 is 0 Å². The van der Waals surface area contributed by atoms with Crippen LogP contribution in [0, 0.1) is 0 Å². The van der Waals surface area contributed by atoms with Crippen LogP contribution >= 0.6 is 0 Å². The number of nitrogens with zero attached hydrogens (tertiary/aromatic N) is 2. The summed E-state index contributed by atoms with van der Waals surface area (Å²) in [6, 6.07) is 8.65. The maximum Gasteiger partial charge on any atom is 0.168 e. The van der Waals surface area contributed by atoms with Crippen molar-refractivity contribution in [2.45, 2.75) is 0 Å². The van der Waals surface area contributed by atoms with Crippen molar-refractivity contribution in [2.24, 2.45) is 0 Å². The minimum Gasteiger partial charge on any atom is -0.506 e. The van der Waals surface area contributed by atoms with E-state index in [1.807, 2.05) is 6.07 Å². The largest absolute Gasteiger partial charge is 0.506 e. The van der Waals surface area contributed by atoms with E-state index in [1.54, 1.807) is 30.5 Å². The van der Waals surface area contributed by atoms with Crippen LogP contribution in [0.25, 0.3) is 21.8 Å². The maximum atomic E-state index is 10.7. The van der Waals surface area contributed by atoms with E-state index in [9.17, 15) is 9.90 Å². The molecule has 3 aromatic rings. The summed E-state index contributed by atoms with van der Waals surface area (Å²) in [5.41, 5.74) is 1.47. The molecule has 82 valence electrons. The average molecular weight is 224 g/mol. The zero-order valence-corrected chi connectivity index (χ0v) is 8.79. The second-order valence-corrected chi connectivity index (χ2v) is 3.72. The van der Waals surface area contributed by atoms with Crippen molar-refractivity contribution in [1.82, 2.24) is 9.97 Å². The van der Waals surface area contributed by atoms with Crippen LogP contribution in [0.1, 0.15) is 10.5 Å². The van der Waals surface area contributed by atoms with Crippen LogP contribution in [0.3, 0.4) is 0 Å². The van der Waals surface area contributed by atoms with Gasteiger partial charge in [0.1, 0.15) is 17.0 Å². The number of aldehydes is 1. The summed E-state index contributed by atoms with van der Waals surface area (Å²) >= 11 is 0. The van der Waals surface area contributed by atoms with Crippen molar-refractivity contribution in [3.8, 4) is 5.75 Å². The van der Waals surface area contributed by atoms with Gasteiger partial charge < -0.3 is 5.11 Å². The fraction of sp³-hybridized carbons (Fsp3) is 0. The van der Waals surface area contributed by atoms with E-state index in [2.05, 4.69) is 9.97 Å². The number of hydrogen-bond acceptors (Lipinski definition) is 4. The lowest BCUT2D eigenvalue weighted by molar-refractivity contribution is 0.111. The van der Waals surface area contributed by atoms with Crippen LogP contribution in [0.15, 0.2) is 36.5 Å². The fourth-order valence-corrected chi connectivity index (χ4v) is 1.90. The lowest BCUT2D eigenvalue weighted by Crippen LogP contribution is -1.90. The van der Waals surface area contributed by atoms with Crippen LogP contribution in [0.5, 0.6) is 5.75 Å². The zero-order valence-electron chi connectivity index (χ0n) is 8.79. The first-order valence-corrected chi connectivity index (χ1v) is 5.12. The van der Waals surface area contributed by atoms with Gasteiger partial charge in [0.15, 0.2) is 6.29 Å². The number of rotatable bonds is 1. The van der Waals surface area contributed by atoms with Gasteiger partial charge in [-0.15, -0.1) is 0 Å². The Morgan fingerprint density at radius 1 is 1.18 bits per heavy atom. The lowest BCUT2D eigenvalue weighted by Gasteiger charge is -2.04. The summed E-state index contributed by atoms with van der Waals surface area (Å²) in [5.74, 6) is 0.0594. The second kappa shape index (κ2) is 3.52. The molecule has 0 aliphatic rings. The van der Waals surface area contributed by atoms with E-state index in [4.69, 9.17) is 0 Å². The number of benzene rings is 1. The molecule has 0 radical (unpaired) electrons. The topological polar surface area (TPSA) is 63.1 Å². The Labute approximate surface area is 96.6 Å². The average Bonchev–Trinajstić information content (AvgIpc) is 2.38. The number of pyridine rings is 2. The number of hydrogen-bond donors (Lipinski definition) is 1. The molecular weight excluding hydrogens is 216 g/mol. The molecule has 0 fully saturated rings. The minimum atomic E-state index is 0.0594. The van der Waals surface area contributed by atoms with Crippen molar-refractivity contribution >= 4 is 28.1 Å². The first-order chi connectivity index (χ1) is 8.29. The van der Waals surface area contributed by atoms with E-state index < -0.39 is 0 Å². The van der Waals surface area contributed by atoms with E-state index in [0.717, 1.165) is 16.3 Å². The van der Waals surface area contributed by atoms with E-state index in [0.29, 0.717) is 17.5 Å². The van der Waals surface area contributed by atoms with Crippen LogP contribution in [-0.4, -0.2) is 21.4 Å². The Hall–Kier alpha value is -2.49. The molecule has 0 amide bonds. The second-order valence-electron chi connectivity index (χ2n) is 3.72. The van der Waals surface area contributed by atoms with Crippen LogP contribution in [0.2, 0.25) is 0 Å². The molecule has 1 aromatic carbocycles. The number of fused-ring (bicyclic) bond motifs is 3. The highest BCUT2D eigenvalue weighted by molar-refractivity contribution is 6.06. The molecule has 0 atom stereocenters. The van der Waals surface area contributed by atoms with Gasteiger partial charge in [-0.2, -0.15) is 0 Å². The Morgan fingerprint density at radius 3 is 2.88 bits per heavy atom. The molecule has 0 saturated carbocycles. The van der Waals surface area contributed by atoms with Crippen molar-refractivity contribution in [3.05, 3.63) is 42.2 Å². The van der Waals surface area contributed by atoms with E-state index >= 15 is 0 Å². The van der Waals surface area contributed by atoms with Gasteiger partial charge in [0.05, 0.1) is 5.52 Å². The quantitative estimate of drug-likeness (QED) is 0.509. The van der Waals surface area contributed by atoms with E-state index in [-0.39, 0.29) is 5.75 Å². The first kappa shape index (κ1) is 9.72. The molecule has 3 rings (SSSR count). The molecule has 0 aliphatic heterocycles. The Balaban J connectivity index is 2.53. The summed E-state index contributed by atoms with van der Waals surface area (Å²) in [6.45, 7) is 0. The zero-order chi connectivity index (χ0) is 11.8. The number of carbonyl (C=O) groups is 1. The predicted octanol–water partition coefficient (Wildman–Crippen LogP) is 2.30. The van der Waals surface area contributed by atoms with Crippen molar-refractivity contribution < 1.29 is 9.90 Å². The molecule has 0 aliphatic carbocycles. The van der Waals surface area contributed by atoms with Crippen molar-refractivity contribution in [2.75, 3.05) is 0 Å². The third-order valence-corrected chi connectivity index (χ3v) is 2.67. The molecule has 17 heavy (non-hydrogen) atoms. The maximum absolute atomic E-state index is 10.7. The Morgan fingerprint density at radius 2 is 2.06 bits per heavy atom. The van der Waals surface area contributed by atoms with Gasteiger partial charge >= 0.3 is 0 Å². The smallest absolute Gasteiger partial charge is 0.168 e. The summed E-state index contributed by atoms with van der Waals surface area (Å²) < 4.78 is 0. The highest BCUT2D eigenvalue weighted by Gasteiger charge is 2.08. The molecule has 2 heterocycles. The van der Waals surface area contributed by atoms with E-state index in [1.165, 1.54) is 0 Å². The standard InChI is InChI=1S/C13H8N2O2/c16-7-9-3-4-10-12-8(2-1-5-14-12)6-11(17)13(10)15-9/h1-7,17H. The van der Waals surface area contributed by atoms with Gasteiger partial charge in [0, 0.05) is 17.0 Å². The summed E-state index contributed by atoms with van der Waals surface area (Å²) in [6.07, 6.45) is 2.34. The monoisotopic (exact) mass is 224 g/mol. The number of aromatic nitrogens is 2. The van der Waals surface area contributed by atoms with Gasteiger partial charge in [-0.05, 0) is 24.3 Å². The molecular formula is C13H8N2O2. The molecule has 0 unspecified atom stereocenters. The van der Waals surface area contributed by atoms with Crippen molar-refractivity contribution in [3.63, 3.8) is 0 Å². The Kier molecular flexibility index (Phi) is 2.01. The molecule has 0 bridgehead atoms. The van der Waals surface area contributed by atoms with Crippen LogP contribution in [0.4, 0.5) is 0 Å². The van der Waals surface area contributed by atoms with Gasteiger partial charge in [-0.1, -0.05) is 6.07 Å². The minimum absolute atomic E-state index is 0.0594. The summed E-state index contributed by atoms with van der Waals surface area (Å²) in [4.78, 5) is 19.0. The van der Waals surface area contributed by atoms with Crippen molar-refractivity contribution in [1.29, 1.82) is 0 Å². The summed E-state index contributed by atoms with van der Waals surface area (Å²) in [5, 5.41) is 11.5. The van der Waals surface area contributed by atoms with Gasteiger partial charge in [-0.25, -0.2) is 4.98 Å². The summed E-state index contributed by atoms with van der Waals surface area (Å²) in [7, 11) is 0. The molecule has 0 saturated heterocycles. The van der Waals surface area contributed by atoms with Crippen LogP contribution in [-0.2, 0) is 0 Å². The van der Waals surface area contributed by atoms with Gasteiger partial charge in [-0.3, -0.25) is 9.78 Å². The lowest BCUT2D eigenvalue weighted by atomic mass is 10.1. The highest BCUT2D eigenvalue weighted by Crippen LogP contribution is 2.29. The third-order valence-electron chi connectivity index (χ3n) is 2.67. The number of carbonyl (C=O) groups excluding carboxylic acids is 1.